The third-order valence-electron chi connectivity index (χ3n) is 5.19. The van der Waals surface area contributed by atoms with Crippen molar-refractivity contribution in [3.63, 3.8) is 0 Å². The molecule has 0 radical (unpaired) electrons. The van der Waals surface area contributed by atoms with Crippen molar-refractivity contribution in [1.82, 2.24) is 4.98 Å². The molecule has 3 aromatic carbocycles. The highest BCUT2D eigenvalue weighted by atomic mass is 79.9. The molecule has 0 aliphatic carbocycles. The van der Waals surface area contributed by atoms with E-state index in [4.69, 9.17) is 9.15 Å². The van der Waals surface area contributed by atoms with Crippen molar-refractivity contribution in [3.8, 4) is 17.2 Å². The van der Waals surface area contributed by atoms with E-state index in [-0.39, 0.29) is 5.91 Å². The van der Waals surface area contributed by atoms with Crippen molar-refractivity contribution in [3.05, 3.63) is 76.3 Å². The van der Waals surface area contributed by atoms with Gasteiger partial charge >= 0.3 is 0 Å². The van der Waals surface area contributed by atoms with Crippen LogP contribution in [0.5, 0.6) is 5.75 Å². The Morgan fingerprint density at radius 3 is 2.50 bits per heavy atom. The molecule has 0 saturated heterocycles. The van der Waals surface area contributed by atoms with Crippen LogP contribution >= 0.6 is 15.9 Å². The summed E-state index contributed by atoms with van der Waals surface area (Å²) in [6.45, 7) is 4.92. The maximum absolute atomic E-state index is 12.6. The zero-order valence-corrected chi connectivity index (χ0v) is 19.7. The molecule has 1 aromatic heterocycles. The first-order chi connectivity index (χ1) is 15.6. The van der Waals surface area contributed by atoms with Gasteiger partial charge in [-0.1, -0.05) is 20.3 Å². The molecule has 0 unspecified atom stereocenters. The van der Waals surface area contributed by atoms with Gasteiger partial charge in [0.15, 0.2) is 5.58 Å². The SMILES string of the molecule is CCCCOc1ccc(C(=O)Nc2ccc(-c3nc4cc(CC)cc(Br)c4o3)cc2)cc1. The summed E-state index contributed by atoms with van der Waals surface area (Å²) in [5, 5.41) is 2.92. The van der Waals surface area contributed by atoms with Crippen molar-refractivity contribution < 1.29 is 13.9 Å². The van der Waals surface area contributed by atoms with Crippen LogP contribution in [0.4, 0.5) is 5.69 Å². The van der Waals surface area contributed by atoms with E-state index in [1.807, 2.05) is 42.5 Å². The average Bonchev–Trinajstić information content (AvgIpc) is 3.25. The van der Waals surface area contributed by atoms with Crippen molar-refractivity contribution >= 4 is 38.6 Å². The van der Waals surface area contributed by atoms with Gasteiger partial charge in [-0.3, -0.25) is 4.79 Å². The second-order valence-corrected chi connectivity index (χ2v) is 8.41. The monoisotopic (exact) mass is 492 g/mol. The van der Waals surface area contributed by atoms with Gasteiger partial charge in [-0.05, 0) is 95.0 Å². The second-order valence-electron chi connectivity index (χ2n) is 7.56. The summed E-state index contributed by atoms with van der Waals surface area (Å²) in [5.74, 6) is 1.15. The number of carbonyl (C=O) groups excluding carboxylic acids is 1. The van der Waals surface area contributed by atoms with Crippen molar-refractivity contribution in [1.29, 1.82) is 0 Å². The molecule has 32 heavy (non-hydrogen) atoms. The van der Waals surface area contributed by atoms with E-state index in [0.717, 1.165) is 46.1 Å². The largest absolute Gasteiger partial charge is 0.494 e. The quantitative estimate of drug-likeness (QED) is 0.263. The normalized spacial score (nSPS) is 11.0. The van der Waals surface area contributed by atoms with E-state index in [2.05, 4.69) is 46.1 Å². The Morgan fingerprint density at radius 2 is 1.81 bits per heavy atom. The Labute approximate surface area is 195 Å². The minimum atomic E-state index is -0.171. The van der Waals surface area contributed by atoms with Crippen LogP contribution in [0, 0.1) is 0 Å². The number of rotatable bonds is 8. The third kappa shape index (κ3) is 5.02. The maximum Gasteiger partial charge on any atom is 0.255 e. The number of benzene rings is 3. The molecule has 1 amide bonds. The number of aryl methyl sites for hydroxylation is 1. The van der Waals surface area contributed by atoms with Crippen LogP contribution in [0.3, 0.4) is 0 Å². The number of oxazole rings is 1. The van der Waals surface area contributed by atoms with E-state index in [0.29, 0.717) is 23.7 Å². The Morgan fingerprint density at radius 1 is 1.06 bits per heavy atom. The average molecular weight is 493 g/mol. The highest BCUT2D eigenvalue weighted by Gasteiger charge is 2.13. The second kappa shape index (κ2) is 10.0. The summed E-state index contributed by atoms with van der Waals surface area (Å²) in [4.78, 5) is 17.2. The summed E-state index contributed by atoms with van der Waals surface area (Å²) in [5.41, 5.74) is 4.88. The number of fused-ring (bicyclic) bond motifs is 1. The van der Waals surface area contributed by atoms with Gasteiger partial charge < -0.3 is 14.5 Å². The fraction of sp³-hybridized carbons (Fsp3) is 0.231. The van der Waals surface area contributed by atoms with Crippen LogP contribution < -0.4 is 10.1 Å². The fourth-order valence-electron chi connectivity index (χ4n) is 3.31. The number of hydrogen-bond donors (Lipinski definition) is 1. The summed E-state index contributed by atoms with van der Waals surface area (Å²) in [6.07, 6.45) is 3.03. The molecule has 4 rings (SSSR count). The van der Waals surface area contributed by atoms with Crippen LogP contribution in [0.15, 0.2) is 69.6 Å². The number of hydrogen-bond acceptors (Lipinski definition) is 4. The number of aromatic nitrogens is 1. The number of amides is 1. The number of carbonyl (C=O) groups is 1. The predicted octanol–water partition coefficient (Wildman–Crippen LogP) is 7.25. The van der Waals surface area contributed by atoms with Gasteiger partial charge in [0, 0.05) is 16.8 Å². The fourth-order valence-corrected chi connectivity index (χ4v) is 3.89. The molecule has 0 fully saturated rings. The summed E-state index contributed by atoms with van der Waals surface area (Å²) in [7, 11) is 0. The van der Waals surface area contributed by atoms with Gasteiger partial charge in [-0.15, -0.1) is 0 Å². The molecule has 0 atom stereocenters. The van der Waals surface area contributed by atoms with Crippen LogP contribution in [0.25, 0.3) is 22.6 Å². The lowest BCUT2D eigenvalue weighted by Gasteiger charge is -2.08. The van der Waals surface area contributed by atoms with Crippen LogP contribution in [0.2, 0.25) is 0 Å². The van der Waals surface area contributed by atoms with Crippen LogP contribution in [0.1, 0.15) is 42.6 Å². The summed E-state index contributed by atoms with van der Waals surface area (Å²) >= 11 is 3.57. The molecule has 1 heterocycles. The first-order valence-electron chi connectivity index (χ1n) is 10.8. The smallest absolute Gasteiger partial charge is 0.255 e. The molecule has 0 aliphatic rings. The molecule has 1 N–H and O–H groups in total. The van der Waals surface area contributed by atoms with Crippen molar-refractivity contribution in [2.75, 3.05) is 11.9 Å². The van der Waals surface area contributed by atoms with E-state index in [1.165, 1.54) is 5.56 Å². The lowest BCUT2D eigenvalue weighted by Crippen LogP contribution is -2.11. The third-order valence-corrected chi connectivity index (χ3v) is 5.77. The van der Waals surface area contributed by atoms with Crippen LogP contribution in [-0.2, 0) is 6.42 Å². The zero-order valence-electron chi connectivity index (χ0n) is 18.2. The Kier molecular flexibility index (Phi) is 6.90. The molecular formula is C26H25BrN2O3. The topological polar surface area (TPSA) is 64.4 Å². The van der Waals surface area contributed by atoms with Gasteiger partial charge in [0.25, 0.3) is 5.91 Å². The van der Waals surface area contributed by atoms with Gasteiger partial charge in [-0.2, -0.15) is 0 Å². The van der Waals surface area contributed by atoms with E-state index in [9.17, 15) is 4.79 Å². The Bertz CT molecular complexity index is 1210. The minimum absolute atomic E-state index is 0.171. The first-order valence-corrected chi connectivity index (χ1v) is 11.6. The van der Waals surface area contributed by atoms with Crippen LogP contribution in [-0.4, -0.2) is 17.5 Å². The molecule has 164 valence electrons. The molecule has 6 heteroatoms. The number of anilines is 1. The molecule has 0 spiro atoms. The van der Waals surface area contributed by atoms with E-state index < -0.39 is 0 Å². The summed E-state index contributed by atoms with van der Waals surface area (Å²) in [6, 6.07) is 18.7. The molecule has 4 aromatic rings. The van der Waals surface area contributed by atoms with Gasteiger partial charge in [-0.25, -0.2) is 4.98 Å². The van der Waals surface area contributed by atoms with Gasteiger partial charge in [0.05, 0.1) is 11.1 Å². The molecular weight excluding hydrogens is 468 g/mol. The lowest BCUT2D eigenvalue weighted by molar-refractivity contribution is 0.102. The van der Waals surface area contributed by atoms with Gasteiger partial charge in [0.1, 0.15) is 11.3 Å². The zero-order chi connectivity index (χ0) is 22.5. The highest BCUT2D eigenvalue weighted by Crippen LogP contribution is 2.31. The molecule has 0 bridgehead atoms. The predicted molar refractivity (Wildman–Crippen MR) is 131 cm³/mol. The highest BCUT2D eigenvalue weighted by molar-refractivity contribution is 9.10. The van der Waals surface area contributed by atoms with Crippen molar-refractivity contribution in [2.24, 2.45) is 0 Å². The van der Waals surface area contributed by atoms with E-state index in [1.54, 1.807) is 12.1 Å². The number of halogens is 1. The van der Waals surface area contributed by atoms with Crippen molar-refractivity contribution in [2.45, 2.75) is 33.1 Å². The molecule has 0 aliphatic heterocycles. The molecule has 5 nitrogen and oxygen atoms in total. The minimum Gasteiger partial charge on any atom is -0.494 e. The Hall–Kier alpha value is -3.12. The first kappa shape index (κ1) is 22.1. The number of nitrogens with one attached hydrogen (secondary N) is 1. The maximum atomic E-state index is 12.6. The van der Waals surface area contributed by atoms with E-state index >= 15 is 0 Å². The number of ether oxygens (including phenoxy) is 1. The Balaban J connectivity index is 1.44. The lowest BCUT2D eigenvalue weighted by atomic mass is 10.1. The summed E-state index contributed by atoms with van der Waals surface area (Å²) < 4.78 is 12.5. The van der Waals surface area contributed by atoms with Gasteiger partial charge in [0.2, 0.25) is 5.89 Å². The number of nitrogens with zero attached hydrogens (tertiary/aromatic N) is 1. The molecule has 0 saturated carbocycles. The standard InChI is InChI=1S/C26H25BrN2O3/c1-3-5-14-31-21-12-8-18(9-13-21)25(30)28-20-10-6-19(7-11-20)26-29-23-16-17(4-2)15-22(27)24(23)32-26/h6-13,15-16H,3-5,14H2,1-2H3,(H,28,30). The number of unbranched alkanes of at least 4 members (excludes halogenated alkanes) is 1.